The number of nitrogens with zero attached hydrogens (tertiary/aromatic N) is 2. The molecule has 0 aliphatic carbocycles. The van der Waals surface area contributed by atoms with Gasteiger partial charge in [-0.25, -0.2) is 5.43 Å². The number of para-hydroxylation sites is 1. The fourth-order valence-corrected chi connectivity index (χ4v) is 2.06. The minimum absolute atomic E-state index is 0.0255. The van der Waals surface area contributed by atoms with E-state index in [1.807, 2.05) is 37.3 Å². The van der Waals surface area contributed by atoms with Crippen molar-refractivity contribution < 1.29 is 9.72 Å². The number of hydrogen-bond donors (Lipinski definition) is 2. The van der Waals surface area contributed by atoms with Crippen molar-refractivity contribution in [1.29, 1.82) is 0 Å². The second kappa shape index (κ2) is 8.42. The number of hydrazone groups is 1. The Morgan fingerprint density at radius 1 is 1.25 bits per heavy atom. The molecule has 1 amide bonds. The molecule has 0 saturated carbocycles. The summed E-state index contributed by atoms with van der Waals surface area (Å²) in [7, 11) is 0. The highest BCUT2D eigenvalue weighted by Gasteiger charge is 2.15. The lowest BCUT2D eigenvalue weighted by molar-refractivity contribution is -0.384. The number of non-ortho nitro benzene ring substituents is 1. The Morgan fingerprint density at radius 2 is 2.00 bits per heavy atom. The van der Waals surface area contributed by atoms with Crippen molar-refractivity contribution in [3.8, 4) is 0 Å². The maximum atomic E-state index is 12.1. The molecule has 2 aromatic carbocycles. The van der Waals surface area contributed by atoms with Gasteiger partial charge in [0.15, 0.2) is 0 Å². The molecule has 2 rings (SSSR count). The zero-order valence-electron chi connectivity index (χ0n) is 13.2. The maximum Gasteiger partial charge on any atom is 0.270 e. The lowest BCUT2D eigenvalue weighted by Gasteiger charge is -2.16. The number of anilines is 1. The van der Waals surface area contributed by atoms with Crippen LogP contribution in [0, 0.1) is 10.1 Å². The fraction of sp³-hybridized carbons (Fsp3) is 0.176. The first-order valence-corrected chi connectivity index (χ1v) is 7.49. The van der Waals surface area contributed by atoms with Crippen molar-refractivity contribution in [2.24, 2.45) is 5.10 Å². The van der Waals surface area contributed by atoms with E-state index in [2.05, 4.69) is 15.8 Å². The molecule has 0 saturated heterocycles. The number of nitro benzene ring substituents is 1. The predicted molar refractivity (Wildman–Crippen MR) is 93.0 cm³/mol. The van der Waals surface area contributed by atoms with Gasteiger partial charge in [-0.1, -0.05) is 37.3 Å². The molecule has 2 N–H and O–H groups in total. The van der Waals surface area contributed by atoms with Crippen LogP contribution in [-0.4, -0.2) is 23.1 Å². The minimum Gasteiger partial charge on any atom is -0.374 e. The number of rotatable bonds is 7. The normalized spacial score (nSPS) is 11.9. The van der Waals surface area contributed by atoms with Gasteiger partial charge in [-0.3, -0.25) is 14.9 Å². The average Bonchev–Trinajstić information content (AvgIpc) is 2.60. The Hall–Kier alpha value is -3.22. The van der Waals surface area contributed by atoms with Crippen LogP contribution in [0.3, 0.4) is 0 Å². The summed E-state index contributed by atoms with van der Waals surface area (Å²) < 4.78 is 0. The van der Waals surface area contributed by atoms with E-state index in [1.54, 1.807) is 12.1 Å². The number of nitrogens with one attached hydrogen (secondary N) is 2. The van der Waals surface area contributed by atoms with Crippen LogP contribution >= 0.6 is 0 Å². The van der Waals surface area contributed by atoms with E-state index in [4.69, 9.17) is 0 Å². The Balaban J connectivity index is 1.95. The molecule has 2 aromatic rings. The van der Waals surface area contributed by atoms with Gasteiger partial charge in [0.25, 0.3) is 11.6 Å². The predicted octanol–water partition coefficient (Wildman–Crippen LogP) is 2.94. The van der Waals surface area contributed by atoms with E-state index in [9.17, 15) is 14.9 Å². The van der Waals surface area contributed by atoms with Crippen LogP contribution in [0.2, 0.25) is 0 Å². The van der Waals surface area contributed by atoms with Crippen LogP contribution in [0.4, 0.5) is 11.4 Å². The van der Waals surface area contributed by atoms with Crippen LogP contribution in [-0.2, 0) is 4.79 Å². The van der Waals surface area contributed by atoms with E-state index in [-0.39, 0.29) is 11.6 Å². The molecular formula is C17H18N4O3. The van der Waals surface area contributed by atoms with Gasteiger partial charge in [0.1, 0.15) is 6.04 Å². The van der Waals surface area contributed by atoms with Crippen LogP contribution < -0.4 is 10.7 Å². The largest absolute Gasteiger partial charge is 0.374 e. The van der Waals surface area contributed by atoms with Crippen molar-refractivity contribution in [3.05, 3.63) is 70.3 Å². The summed E-state index contributed by atoms with van der Waals surface area (Å²) >= 11 is 0. The number of carbonyl (C=O) groups is 1. The van der Waals surface area contributed by atoms with Crippen molar-refractivity contribution in [1.82, 2.24) is 5.43 Å². The highest BCUT2D eigenvalue weighted by Crippen LogP contribution is 2.11. The first kappa shape index (κ1) is 17.1. The van der Waals surface area contributed by atoms with Crippen molar-refractivity contribution in [3.63, 3.8) is 0 Å². The number of hydrogen-bond acceptors (Lipinski definition) is 5. The third kappa shape index (κ3) is 4.91. The smallest absolute Gasteiger partial charge is 0.270 e. The van der Waals surface area contributed by atoms with E-state index in [0.29, 0.717) is 12.0 Å². The summed E-state index contributed by atoms with van der Waals surface area (Å²) in [6.07, 6.45) is 1.97. The van der Waals surface area contributed by atoms with Crippen molar-refractivity contribution >= 4 is 23.5 Å². The first-order chi connectivity index (χ1) is 11.6. The first-order valence-electron chi connectivity index (χ1n) is 7.49. The van der Waals surface area contributed by atoms with Gasteiger partial charge >= 0.3 is 0 Å². The molecule has 0 spiro atoms. The van der Waals surface area contributed by atoms with Gasteiger partial charge in [-0.15, -0.1) is 0 Å². The lowest BCUT2D eigenvalue weighted by Crippen LogP contribution is -2.36. The van der Waals surface area contributed by atoms with Crippen LogP contribution in [0.5, 0.6) is 0 Å². The molecule has 0 radical (unpaired) electrons. The van der Waals surface area contributed by atoms with Crippen molar-refractivity contribution in [2.75, 3.05) is 5.32 Å². The van der Waals surface area contributed by atoms with Crippen molar-refractivity contribution in [2.45, 2.75) is 19.4 Å². The van der Waals surface area contributed by atoms with E-state index in [0.717, 1.165) is 5.69 Å². The summed E-state index contributed by atoms with van der Waals surface area (Å²) in [5.74, 6) is -0.275. The maximum absolute atomic E-state index is 12.1. The minimum atomic E-state index is -0.479. The summed E-state index contributed by atoms with van der Waals surface area (Å²) in [5.41, 5.74) is 3.81. The summed E-state index contributed by atoms with van der Waals surface area (Å²) in [6, 6.07) is 15.0. The SMILES string of the molecule is CC[C@H](Nc1ccccc1)C(=O)N/N=C\c1cccc([N+](=O)[O-])c1. The van der Waals surface area contributed by atoms with Crippen LogP contribution in [0.15, 0.2) is 59.7 Å². The number of carbonyl (C=O) groups excluding carboxylic acids is 1. The zero-order chi connectivity index (χ0) is 17.4. The van der Waals surface area contributed by atoms with Gasteiger partial charge in [-0.05, 0) is 18.6 Å². The summed E-state index contributed by atoms with van der Waals surface area (Å²) in [5, 5.41) is 17.7. The monoisotopic (exact) mass is 326 g/mol. The Bertz CT molecular complexity index is 732. The zero-order valence-corrected chi connectivity index (χ0v) is 13.2. The molecule has 0 unspecified atom stereocenters. The summed E-state index contributed by atoms with van der Waals surface area (Å²) in [6.45, 7) is 1.89. The van der Waals surface area contributed by atoms with Gasteiger partial charge in [-0.2, -0.15) is 5.10 Å². The van der Waals surface area contributed by atoms with Gasteiger partial charge in [0, 0.05) is 23.4 Å². The lowest BCUT2D eigenvalue weighted by atomic mass is 10.2. The fourth-order valence-electron chi connectivity index (χ4n) is 2.06. The molecule has 0 fully saturated rings. The molecular weight excluding hydrogens is 308 g/mol. The molecule has 0 bridgehead atoms. The molecule has 0 aromatic heterocycles. The molecule has 0 aliphatic rings. The van der Waals surface area contributed by atoms with E-state index >= 15 is 0 Å². The third-order valence-electron chi connectivity index (χ3n) is 3.31. The van der Waals surface area contributed by atoms with Gasteiger partial charge in [0.2, 0.25) is 0 Å². The van der Waals surface area contributed by atoms with Gasteiger partial charge < -0.3 is 5.32 Å². The standard InChI is InChI=1S/C17H18N4O3/c1-2-16(19-14-8-4-3-5-9-14)17(22)20-18-12-13-7-6-10-15(11-13)21(23)24/h3-12,16,19H,2H2,1H3,(H,20,22)/b18-12-/t16-/m0/s1. The van der Waals surface area contributed by atoms with Crippen LogP contribution in [0.25, 0.3) is 0 Å². The second-order valence-electron chi connectivity index (χ2n) is 5.06. The quantitative estimate of drug-likeness (QED) is 0.464. The van der Waals surface area contributed by atoms with Crippen LogP contribution in [0.1, 0.15) is 18.9 Å². The Labute approximate surface area is 139 Å². The second-order valence-corrected chi connectivity index (χ2v) is 5.06. The van der Waals surface area contributed by atoms with E-state index in [1.165, 1.54) is 18.3 Å². The highest BCUT2D eigenvalue weighted by atomic mass is 16.6. The summed E-state index contributed by atoms with van der Waals surface area (Å²) in [4.78, 5) is 22.4. The molecule has 24 heavy (non-hydrogen) atoms. The molecule has 7 nitrogen and oxygen atoms in total. The number of nitro groups is 1. The Morgan fingerprint density at radius 3 is 2.67 bits per heavy atom. The van der Waals surface area contributed by atoms with Gasteiger partial charge in [0.05, 0.1) is 11.1 Å². The molecule has 1 atom stereocenters. The number of amides is 1. The highest BCUT2D eigenvalue weighted by molar-refractivity contribution is 5.86. The molecule has 0 heterocycles. The average molecular weight is 326 g/mol. The third-order valence-corrected chi connectivity index (χ3v) is 3.31. The topological polar surface area (TPSA) is 96.6 Å². The molecule has 0 aliphatic heterocycles. The Kier molecular flexibility index (Phi) is 6.01. The number of benzene rings is 2. The van der Waals surface area contributed by atoms with E-state index < -0.39 is 11.0 Å². The molecule has 7 heteroatoms. The molecule has 124 valence electrons.